The molecule has 0 spiro atoms. The van der Waals surface area contributed by atoms with Crippen molar-refractivity contribution in [3.8, 4) is 11.6 Å². The standard InChI is InChI=1S/C23H22N2O6/c1-14-3-6-19-18(11-14)22(24-28)23(27)25(19)7-8-29-9-10-30-16-4-5-17-15(2)12-21(26)31-20(17)13-16/h3-6,11-13,27H,7-10H2,1-2H3. The second-order valence-corrected chi connectivity index (χ2v) is 7.30. The van der Waals surface area contributed by atoms with E-state index in [-0.39, 0.29) is 11.6 Å². The van der Waals surface area contributed by atoms with Gasteiger partial charge >= 0.3 is 5.63 Å². The van der Waals surface area contributed by atoms with Crippen molar-refractivity contribution in [2.24, 2.45) is 5.18 Å². The van der Waals surface area contributed by atoms with Gasteiger partial charge in [0.25, 0.3) is 0 Å². The summed E-state index contributed by atoms with van der Waals surface area (Å²) in [6.07, 6.45) is 0. The van der Waals surface area contributed by atoms with Crippen LogP contribution in [0, 0.1) is 18.8 Å². The third-order valence-corrected chi connectivity index (χ3v) is 5.14. The molecule has 8 nitrogen and oxygen atoms in total. The monoisotopic (exact) mass is 422 g/mol. The molecule has 1 N–H and O–H groups in total. The van der Waals surface area contributed by atoms with Gasteiger partial charge in [0.15, 0.2) is 5.69 Å². The summed E-state index contributed by atoms with van der Waals surface area (Å²) in [5.74, 6) is 0.416. The Morgan fingerprint density at radius 3 is 2.68 bits per heavy atom. The highest BCUT2D eigenvalue weighted by Gasteiger charge is 2.17. The number of aromatic hydroxyl groups is 1. The average molecular weight is 422 g/mol. The minimum absolute atomic E-state index is 0.0419. The molecule has 0 aliphatic heterocycles. The topological polar surface area (TPSA) is 103 Å². The predicted molar refractivity (Wildman–Crippen MR) is 117 cm³/mol. The summed E-state index contributed by atoms with van der Waals surface area (Å²) in [4.78, 5) is 22.7. The van der Waals surface area contributed by atoms with Crippen LogP contribution in [0.15, 0.2) is 56.9 Å². The van der Waals surface area contributed by atoms with Crippen LogP contribution in [0.2, 0.25) is 0 Å². The number of aromatic nitrogens is 1. The molecular formula is C23H22N2O6. The van der Waals surface area contributed by atoms with E-state index in [9.17, 15) is 14.8 Å². The molecule has 8 heteroatoms. The maximum Gasteiger partial charge on any atom is 0.336 e. The van der Waals surface area contributed by atoms with Crippen LogP contribution >= 0.6 is 0 Å². The largest absolute Gasteiger partial charge is 0.493 e. The van der Waals surface area contributed by atoms with Gasteiger partial charge in [-0.1, -0.05) is 11.6 Å². The fourth-order valence-electron chi connectivity index (χ4n) is 3.63. The van der Waals surface area contributed by atoms with Gasteiger partial charge in [-0.25, -0.2) is 4.79 Å². The Morgan fingerprint density at radius 1 is 1.03 bits per heavy atom. The second-order valence-electron chi connectivity index (χ2n) is 7.30. The van der Waals surface area contributed by atoms with E-state index in [2.05, 4.69) is 5.18 Å². The van der Waals surface area contributed by atoms with Crippen LogP contribution in [-0.4, -0.2) is 29.5 Å². The highest BCUT2D eigenvalue weighted by Crippen LogP contribution is 2.38. The van der Waals surface area contributed by atoms with Gasteiger partial charge in [-0.15, -0.1) is 4.91 Å². The van der Waals surface area contributed by atoms with Gasteiger partial charge in [-0.3, -0.25) is 0 Å². The second kappa shape index (κ2) is 8.61. The number of hydrogen-bond acceptors (Lipinski definition) is 7. The number of ether oxygens (including phenoxy) is 2. The molecule has 31 heavy (non-hydrogen) atoms. The fourth-order valence-corrected chi connectivity index (χ4v) is 3.63. The van der Waals surface area contributed by atoms with E-state index in [1.165, 1.54) is 6.07 Å². The Morgan fingerprint density at radius 2 is 1.87 bits per heavy atom. The van der Waals surface area contributed by atoms with Crippen molar-refractivity contribution in [2.45, 2.75) is 20.4 Å². The fraction of sp³-hybridized carbons (Fsp3) is 0.261. The summed E-state index contributed by atoms with van der Waals surface area (Å²) in [6, 6.07) is 12.4. The van der Waals surface area contributed by atoms with Crippen LogP contribution in [0.5, 0.6) is 11.6 Å². The first-order valence-electron chi connectivity index (χ1n) is 9.88. The molecule has 0 saturated heterocycles. The van der Waals surface area contributed by atoms with Gasteiger partial charge in [-0.05, 0) is 48.9 Å². The average Bonchev–Trinajstić information content (AvgIpc) is 3.00. The summed E-state index contributed by atoms with van der Waals surface area (Å²) >= 11 is 0. The van der Waals surface area contributed by atoms with Gasteiger partial charge in [0, 0.05) is 29.4 Å². The van der Waals surface area contributed by atoms with Gasteiger partial charge in [0.2, 0.25) is 5.88 Å². The molecule has 2 aromatic carbocycles. The SMILES string of the molecule is Cc1ccc2c(c1)c(N=O)c(O)n2CCOCCOc1ccc2c(C)cc(=O)oc2c1. The van der Waals surface area contributed by atoms with Crippen molar-refractivity contribution in [1.82, 2.24) is 4.57 Å². The van der Waals surface area contributed by atoms with Gasteiger partial charge in [0.1, 0.15) is 17.9 Å². The molecule has 0 unspecified atom stereocenters. The normalized spacial score (nSPS) is 11.3. The molecule has 0 aliphatic carbocycles. The Bertz CT molecular complexity index is 1320. The lowest BCUT2D eigenvalue weighted by atomic mass is 10.1. The Hall–Kier alpha value is -3.65. The summed E-state index contributed by atoms with van der Waals surface area (Å²) in [5.41, 5.74) is 2.68. The number of nitroso groups, excluding NO2 is 1. The van der Waals surface area contributed by atoms with Crippen molar-refractivity contribution in [3.05, 3.63) is 68.9 Å². The minimum Gasteiger partial charge on any atom is -0.493 e. The Labute approximate surface area is 177 Å². The first kappa shape index (κ1) is 20.6. The molecule has 2 aromatic heterocycles. The quantitative estimate of drug-likeness (QED) is 0.254. The molecule has 0 fully saturated rings. The molecule has 0 atom stereocenters. The lowest BCUT2D eigenvalue weighted by molar-refractivity contribution is 0.0939. The number of benzene rings is 2. The molecule has 4 aromatic rings. The van der Waals surface area contributed by atoms with Crippen LogP contribution in [-0.2, 0) is 11.3 Å². The first-order valence-corrected chi connectivity index (χ1v) is 9.88. The summed E-state index contributed by atoms with van der Waals surface area (Å²) in [7, 11) is 0. The summed E-state index contributed by atoms with van der Waals surface area (Å²) in [6.45, 7) is 5.08. The van der Waals surface area contributed by atoms with Crippen LogP contribution < -0.4 is 10.4 Å². The van der Waals surface area contributed by atoms with E-state index in [0.717, 1.165) is 22.0 Å². The zero-order valence-electron chi connectivity index (χ0n) is 17.3. The minimum atomic E-state index is -0.394. The van der Waals surface area contributed by atoms with Gasteiger partial charge in [-0.2, -0.15) is 0 Å². The molecule has 0 aliphatic rings. The van der Waals surface area contributed by atoms with E-state index in [1.54, 1.807) is 10.6 Å². The summed E-state index contributed by atoms with van der Waals surface area (Å²) < 4.78 is 18.1. The van der Waals surface area contributed by atoms with Crippen molar-refractivity contribution >= 4 is 27.6 Å². The molecule has 2 heterocycles. The highest BCUT2D eigenvalue weighted by molar-refractivity contribution is 5.95. The molecule has 0 amide bonds. The first-order chi connectivity index (χ1) is 15.0. The van der Waals surface area contributed by atoms with Crippen molar-refractivity contribution in [1.29, 1.82) is 0 Å². The maximum atomic E-state index is 11.5. The zero-order chi connectivity index (χ0) is 22.0. The molecule has 4 rings (SSSR count). The van der Waals surface area contributed by atoms with Crippen LogP contribution in [0.25, 0.3) is 21.9 Å². The van der Waals surface area contributed by atoms with Crippen LogP contribution in [0.4, 0.5) is 5.69 Å². The number of fused-ring (bicyclic) bond motifs is 2. The summed E-state index contributed by atoms with van der Waals surface area (Å²) in [5, 5.41) is 14.8. The van der Waals surface area contributed by atoms with Crippen LogP contribution in [0.1, 0.15) is 11.1 Å². The predicted octanol–water partition coefficient (Wildman–Crippen LogP) is 4.56. The highest BCUT2D eigenvalue weighted by atomic mass is 16.5. The van der Waals surface area contributed by atoms with Gasteiger partial charge < -0.3 is 23.6 Å². The van der Waals surface area contributed by atoms with Crippen molar-refractivity contribution in [3.63, 3.8) is 0 Å². The number of aryl methyl sites for hydroxylation is 2. The third-order valence-electron chi connectivity index (χ3n) is 5.14. The van der Waals surface area contributed by atoms with Crippen molar-refractivity contribution in [2.75, 3.05) is 19.8 Å². The molecule has 0 bridgehead atoms. The molecule has 0 saturated carbocycles. The third kappa shape index (κ3) is 4.15. The van der Waals surface area contributed by atoms with E-state index >= 15 is 0 Å². The van der Waals surface area contributed by atoms with E-state index in [4.69, 9.17) is 13.9 Å². The van der Waals surface area contributed by atoms with E-state index < -0.39 is 5.63 Å². The Kier molecular flexibility index (Phi) is 5.73. The van der Waals surface area contributed by atoms with Crippen LogP contribution in [0.3, 0.4) is 0 Å². The number of nitrogens with zero attached hydrogens (tertiary/aromatic N) is 2. The van der Waals surface area contributed by atoms with E-state index in [1.807, 2.05) is 44.2 Å². The zero-order valence-corrected chi connectivity index (χ0v) is 17.3. The van der Waals surface area contributed by atoms with Crippen molar-refractivity contribution < 1.29 is 19.0 Å². The lowest BCUT2D eigenvalue weighted by Gasteiger charge is -2.10. The molecule has 0 radical (unpaired) electrons. The van der Waals surface area contributed by atoms with E-state index in [0.29, 0.717) is 43.1 Å². The Balaban J connectivity index is 1.33. The lowest BCUT2D eigenvalue weighted by Crippen LogP contribution is -2.11. The maximum absolute atomic E-state index is 11.5. The number of rotatable bonds is 8. The smallest absolute Gasteiger partial charge is 0.336 e. The molecule has 160 valence electrons. The molecular weight excluding hydrogens is 400 g/mol. The number of hydrogen-bond donors (Lipinski definition) is 1. The van der Waals surface area contributed by atoms with Gasteiger partial charge in [0.05, 0.1) is 18.7 Å².